The Kier molecular flexibility index (Phi) is 4.75. The first-order valence-electron chi connectivity index (χ1n) is 6.62. The Morgan fingerprint density at radius 1 is 1.38 bits per heavy atom. The molecule has 0 saturated heterocycles. The third-order valence-electron chi connectivity index (χ3n) is 2.92. The van der Waals surface area contributed by atoms with Crippen LogP contribution in [-0.2, 0) is 11.2 Å². The molecule has 6 heteroatoms. The summed E-state index contributed by atoms with van der Waals surface area (Å²) < 4.78 is 6.35. The second-order valence-electron chi connectivity index (χ2n) is 4.33. The Morgan fingerprint density at radius 3 is 2.76 bits per heavy atom. The molecule has 0 amide bonds. The standard InChI is InChI=1S/C15H15ClN2O3/c1-3-10-9-18(12-7-5-6-11(16)8-12)17-13(14(10)19)15(20)21-4-2/h5-9H,3-4H2,1-2H3. The maximum Gasteiger partial charge on any atom is 0.362 e. The van der Waals surface area contributed by atoms with Crippen molar-refractivity contribution in [2.45, 2.75) is 20.3 Å². The SMILES string of the molecule is CCOC(=O)c1nn(-c2cccc(Cl)c2)cc(CC)c1=O. The molecule has 1 heterocycles. The van der Waals surface area contributed by atoms with E-state index in [0.717, 1.165) is 0 Å². The molecule has 2 rings (SSSR count). The molecule has 0 spiro atoms. The highest BCUT2D eigenvalue weighted by molar-refractivity contribution is 6.30. The second kappa shape index (κ2) is 6.54. The fourth-order valence-electron chi connectivity index (χ4n) is 1.88. The van der Waals surface area contributed by atoms with Gasteiger partial charge in [0, 0.05) is 16.8 Å². The molecular weight excluding hydrogens is 292 g/mol. The number of halogens is 1. The molecule has 0 radical (unpaired) electrons. The molecule has 1 aromatic heterocycles. The summed E-state index contributed by atoms with van der Waals surface area (Å²) in [5.41, 5.74) is 0.557. The summed E-state index contributed by atoms with van der Waals surface area (Å²) in [6.45, 7) is 3.71. The maximum atomic E-state index is 12.2. The van der Waals surface area contributed by atoms with Gasteiger partial charge in [0.15, 0.2) is 0 Å². The number of aryl methyl sites for hydroxylation is 1. The van der Waals surface area contributed by atoms with Crippen LogP contribution in [0.25, 0.3) is 5.69 Å². The van der Waals surface area contributed by atoms with Gasteiger partial charge in [0.05, 0.1) is 12.3 Å². The van der Waals surface area contributed by atoms with E-state index >= 15 is 0 Å². The summed E-state index contributed by atoms with van der Waals surface area (Å²) in [6, 6.07) is 7.00. The lowest BCUT2D eigenvalue weighted by Gasteiger charge is -2.10. The molecule has 0 fully saturated rings. The summed E-state index contributed by atoms with van der Waals surface area (Å²) in [5.74, 6) is -0.714. The quantitative estimate of drug-likeness (QED) is 0.815. The number of hydrogen-bond donors (Lipinski definition) is 0. The van der Waals surface area contributed by atoms with Crippen LogP contribution in [0.5, 0.6) is 0 Å². The van der Waals surface area contributed by atoms with Crippen LogP contribution in [-0.4, -0.2) is 22.4 Å². The molecule has 5 nitrogen and oxygen atoms in total. The molecule has 110 valence electrons. The molecule has 0 aliphatic carbocycles. The number of carbonyl (C=O) groups excluding carboxylic acids is 1. The number of benzene rings is 1. The van der Waals surface area contributed by atoms with Gasteiger partial charge in [0.25, 0.3) is 0 Å². The van der Waals surface area contributed by atoms with Gasteiger partial charge in [0.1, 0.15) is 0 Å². The molecule has 0 aliphatic heterocycles. The molecule has 1 aromatic carbocycles. The lowest BCUT2D eigenvalue weighted by Crippen LogP contribution is -2.26. The van der Waals surface area contributed by atoms with E-state index in [2.05, 4.69) is 5.10 Å². The molecule has 0 saturated carbocycles. The lowest BCUT2D eigenvalue weighted by molar-refractivity contribution is 0.0515. The van der Waals surface area contributed by atoms with Crippen molar-refractivity contribution in [1.82, 2.24) is 9.78 Å². The second-order valence-corrected chi connectivity index (χ2v) is 4.77. The minimum atomic E-state index is -0.714. The largest absolute Gasteiger partial charge is 0.461 e. The van der Waals surface area contributed by atoms with Gasteiger partial charge in [-0.25, -0.2) is 9.48 Å². The Balaban J connectivity index is 2.60. The number of aromatic nitrogens is 2. The van der Waals surface area contributed by atoms with E-state index in [9.17, 15) is 9.59 Å². The van der Waals surface area contributed by atoms with Crippen molar-refractivity contribution in [3.63, 3.8) is 0 Å². The number of hydrogen-bond acceptors (Lipinski definition) is 4. The minimum absolute atomic E-state index is 0.188. The van der Waals surface area contributed by atoms with Crippen molar-refractivity contribution in [2.75, 3.05) is 6.61 Å². The summed E-state index contributed by atoms with van der Waals surface area (Å²) in [7, 11) is 0. The first kappa shape index (κ1) is 15.3. The van der Waals surface area contributed by atoms with Crippen molar-refractivity contribution >= 4 is 17.6 Å². The highest BCUT2D eigenvalue weighted by Gasteiger charge is 2.17. The van der Waals surface area contributed by atoms with Crippen molar-refractivity contribution in [3.8, 4) is 5.69 Å². The Morgan fingerprint density at radius 2 is 2.14 bits per heavy atom. The molecule has 0 unspecified atom stereocenters. The van der Waals surface area contributed by atoms with E-state index in [1.54, 1.807) is 37.4 Å². The minimum Gasteiger partial charge on any atom is -0.461 e. The van der Waals surface area contributed by atoms with Crippen molar-refractivity contribution in [3.05, 3.63) is 57.0 Å². The van der Waals surface area contributed by atoms with E-state index in [1.165, 1.54) is 4.68 Å². The fraction of sp³-hybridized carbons (Fsp3) is 0.267. The zero-order valence-electron chi connectivity index (χ0n) is 11.8. The molecule has 0 bridgehead atoms. The predicted octanol–water partition coefficient (Wildman–Crippen LogP) is 2.62. The van der Waals surface area contributed by atoms with Crippen LogP contribution >= 0.6 is 11.6 Å². The van der Waals surface area contributed by atoms with E-state index in [4.69, 9.17) is 16.3 Å². The van der Waals surface area contributed by atoms with Gasteiger partial charge in [-0.3, -0.25) is 4.79 Å². The average molecular weight is 307 g/mol. The first-order valence-corrected chi connectivity index (χ1v) is 7.00. The Hall–Kier alpha value is -2.14. The average Bonchev–Trinajstić information content (AvgIpc) is 2.47. The van der Waals surface area contributed by atoms with E-state index in [-0.39, 0.29) is 12.3 Å². The molecular formula is C15H15ClN2O3. The van der Waals surface area contributed by atoms with Gasteiger partial charge >= 0.3 is 5.97 Å². The number of esters is 1. The summed E-state index contributed by atoms with van der Waals surface area (Å²) in [5, 5.41) is 4.63. The van der Waals surface area contributed by atoms with Crippen LogP contribution in [0, 0.1) is 0 Å². The van der Waals surface area contributed by atoms with Crippen LogP contribution in [0.15, 0.2) is 35.3 Å². The van der Waals surface area contributed by atoms with E-state index in [0.29, 0.717) is 22.7 Å². The predicted molar refractivity (Wildman–Crippen MR) is 80.2 cm³/mol. The van der Waals surface area contributed by atoms with Crippen LogP contribution in [0.1, 0.15) is 29.9 Å². The topological polar surface area (TPSA) is 61.2 Å². The van der Waals surface area contributed by atoms with E-state index < -0.39 is 11.4 Å². The number of ether oxygens (including phenoxy) is 1. The fourth-order valence-corrected chi connectivity index (χ4v) is 2.06. The first-order chi connectivity index (χ1) is 10.1. The Labute approximate surface area is 127 Å². The molecule has 21 heavy (non-hydrogen) atoms. The zero-order valence-corrected chi connectivity index (χ0v) is 12.6. The van der Waals surface area contributed by atoms with Gasteiger partial charge in [-0.15, -0.1) is 0 Å². The van der Waals surface area contributed by atoms with Crippen LogP contribution in [0.3, 0.4) is 0 Å². The van der Waals surface area contributed by atoms with Crippen molar-refractivity contribution < 1.29 is 9.53 Å². The zero-order chi connectivity index (χ0) is 15.4. The van der Waals surface area contributed by atoms with Gasteiger partial charge in [-0.05, 0) is 31.5 Å². The third kappa shape index (κ3) is 3.31. The molecule has 0 N–H and O–H groups in total. The number of nitrogens with zero attached hydrogens (tertiary/aromatic N) is 2. The van der Waals surface area contributed by atoms with E-state index in [1.807, 2.05) is 6.92 Å². The van der Waals surface area contributed by atoms with Crippen LogP contribution in [0.2, 0.25) is 5.02 Å². The van der Waals surface area contributed by atoms with Gasteiger partial charge in [-0.2, -0.15) is 5.10 Å². The summed E-state index contributed by atoms with van der Waals surface area (Å²) in [6.07, 6.45) is 2.10. The smallest absolute Gasteiger partial charge is 0.362 e. The van der Waals surface area contributed by atoms with Crippen LogP contribution < -0.4 is 5.43 Å². The van der Waals surface area contributed by atoms with Gasteiger partial charge in [0.2, 0.25) is 11.1 Å². The highest BCUT2D eigenvalue weighted by atomic mass is 35.5. The lowest BCUT2D eigenvalue weighted by atomic mass is 10.2. The maximum absolute atomic E-state index is 12.2. The summed E-state index contributed by atoms with van der Waals surface area (Å²) >= 11 is 5.96. The third-order valence-corrected chi connectivity index (χ3v) is 3.15. The van der Waals surface area contributed by atoms with Gasteiger partial charge in [-0.1, -0.05) is 24.6 Å². The number of carbonyl (C=O) groups is 1. The molecule has 0 aliphatic rings. The highest BCUT2D eigenvalue weighted by Crippen LogP contribution is 2.14. The monoisotopic (exact) mass is 306 g/mol. The van der Waals surface area contributed by atoms with Crippen LogP contribution in [0.4, 0.5) is 0 Å². The molecule has 0 atom stereocenters. The normalized spacial score (nSPS) is 10.4. The van der Waals surface area contributed by atoms with Gasteiger partial charge < -0.3 is 4.74 Å². The number of rotatable bonds is 4. The molecule has 2 aromatic rings. The van der Waals surface area contributed by atoms with Crippen molar-refractivity contribution in [2.24, 2.45) is 0 Å². The summed E-state index contributed by atoms with van der Waals surface area (Å²) in [4.78, 5) is 24.0. The Bertz CT molecular complexity index is 725. The van der Waals surface area contributed by atoms with Crippen molar-refractivity contribution in [1.29, 1.82) is 0 Å².